The lowest BCUT2D eigenvalue weighted by Gasteiger charge is -2.07. The highest BCUT2D eigenvalue weighted by Crippen LogP contribution is 2.46. The Bertz CT molecular complexity index is 652. The molecule has 5 nitrogen and oxygen atoms in total. The zero-order valence-electron chi connectivity index (χ0n) is 14.2. The fraction of sp³-hybridized carbons (Fsp3) is 0.474. The summed E-state index contributed by atoms with van der Waals surface area (Å²) in [7, 11) is 1.93. The number of hydrogen-bond acceptors (Lipinski definition) is 2. The molecule has 1 saturated carbocycles. The Morgan fingerprint density at radius 1 is 1.25 bits per heavy atom. The van der Waals surface area contributed by atoms with Crippen LogP contribution in [0, 0.1) is 5.92 Å². The summed E-state index contributed by atoms with van der Waals surface area (Å²) in [5, 5.41) is 10.1. The number of carbonyl (C=O) groups is 1. The van der Waals surface area contributed by atoms with Crippen molar-refractivity contribution in [2.75, 3.05) is 13.1 Å². The zero-order valence-corrected chi connectivity index (χ0v) is 14.2. The lowest BCUT2D eigenvalue weighted by atomic mass is 10.1. The molecule has 1 aromatic carbocycles. The summed E-state index contributed by atoms with van der Waals surface area (Å²) < 4.78 is 1.82. The standard InChI is InChI=1S/C19H26N4O/c1-23-14-15(12-22-23)7-5-6-10-20-19(24)21-13-17-11-18(17)16-8-3-2-4-9-16/h2-4,8-9,12,14,17-18H,5-7,10-11,13H2,1H3,(H2,20,21,24). The number of hydrogen-bond donors (Lipinski definition) is 2. The molecule has 1 fully saturated rings. The first-order valence-corrected chi connectivity index (χ1v) is 8.76. The van der Waals surface area contributed by atoms with Crippen molar-refractivity contribution in [3.05, 3.63) is 53.9 Å². The number of unbranched alkanes of at least 4 members (excludes halogenated alkanes) is 1. The topological polar surface area (TPSA) is 59.0 Å². The van der Waals surface area contributed by atoms with E-state index in [9.17, 15) is 4.79 Å². The average Bonchev–Trinajstić information content (AvgIpc) is 3.27. The van der Waals surface area contributed by atoms with Crippen LogP contribution in [0.5, 0.6) is 0 Å². The molecular weight excluding hydrogens is 300 g/mol. The van der Waals surface area contributed by atoms with E-state index < -0.39 is 0 Å². The van der Waals surface area contributed by atoms with Crippen LogP contribution in [0.3, 0.4) is 0 Å². The summed E-state index contributed by atoms with van der Waals surface area (Å²) in [5.41, 5.74) is 2.64. The maximum atomic E-state index is 11.8. The molecule has 0 bridgehead atoms. The maximum Gasteiger partial charge on any atom is 0.314 e. The molecule has 1 heterocycles. The van der Waals surface area contributed by atoms with Gasteiger partial charge in [0.2, 0.25) is 0 Å². The van der Waals surface area contributed by atoms with Gasteiger partial charge in [-0.3, -0.25) is 4.68 Å². The molecule has 2 unspecified atom stereocenters. The molecule has 128 valence electrons. The minimum absolute atomic E-state index is 0.0462. The molecule has 0 aliphatic heterocycles. The van der Waals surface area contributed by atoms with Gasteiger partial charge < -0.3 is 10.6 Å². The van der Waals surface area contributed by atoms with Crippen LogP contribution < -0.4 is 10.6 Å². The van der Waals surface area contributed by atoms with E-state index in [1.54, 1.807) is 0 Å². The predicted molar refractivity (Wildman–Crippen MR) is 94.8 cm³/mol. The van der Waals surface area contributed by atoms with E-state index >= 15 is 0 Å². The maximum absolute atomic E-state index is 11.8. The smallest absolute Gasteiger partial charge is 0.314 e. The van der Waals surface area contributed by atoms with Crippen LogP contribution in [0.4, 0.5) is 4.79 Å². The van der Waals surface area contributed by atoms with Gasteiger partial charge in [0.1, 0.15) is 0 Å². The Labute approximate surface area is 143 Å². The third-order valence-corrected chi connectivity index (χ3v) is 4.61. The van der Waals surface area contributed by atoms with Crippen molar-refractivity contribution in [3.8, 4) is 0 Å². The summed E-state index contributed by atoms with van der Waals surface area (Å²) in [6, 6.07) is 10.5. The van der Waals surface area contributed by atoms with E-state index in [1.165, 1.54) is 17.5 Å². The van der Waals surface area contributed by atoms with Crippen LogP contribution in [0.15, 0.2) is 42.7 Å². The van der Waals surface area contributed by atoms with Gasteiger partial charge in [-0.05, 0) is 48.6 Å². The summed E-state index contributed by atoms with van der Waals surface area (Å²) in [6.45, 7) is 1.49. The molecule has 1 aromatic heterocycles. The average molecular weight is 326 g/mol. The molecule has 0 spiro atoms. The van der Waals surface area contributed by atoms with Crippen molar-refractivity contribution in [3.63, 3.8) is 0 Å². The van der Waals surface area contributed by atoms with Gasteiger partial charge in [-0.15, -0.1) is 0 Å². The summed E-state index contributed by atoms with van der Waals surface area (Å²) >= 11 is 0. The van der Waals surface area contributed by atoms with Crippen LogP contribution in [0.2, 0.25) is 0 Å². The minimum Gasteiger partial charge on any atom is -0.338 e. The van der Waals surface area contributed by atoms with Crippen LogP contribution in [-0.2, 0) is 13.5 Å². The number of aryl methyl sites for hydroxylation is 2. The molecule has 2 aromatic rings. The van der Waals surface area contributed by atoms with Gasteiger partial charge in [-0.1, -0.05) is 30.3 Å². The third-order valence-electron chi connectivity index (χ3n) is 4.61. The highest BCUT2D eigenvalue weighted by atomic mass is 16.2. The van der Waals surface area contributed by atoms with Gasteiger partial charge >= 0.3 is 6.03 Å². The number of amides is 2. The van der Waals surface area contributed by atoms with Crippen molar-refractivity contribution in [1.82, 2.24) is 20.4 Å². The van der Waals surface area contributed by atoms with E-state index in [4.69, 9.17) is 0 Å². The Morgan fingerprint density at radius 2 is 2.08 bits per heavy atom. The van der Waals surface area contributed by atoms with Gasteiger partial charge in [0.25, 0.3) is 0 Å². The second-order valence-corrected chi connectivity index (χ2v) is 6.63. The second kappa shape index (κ2) is 7.99. The summed E-state index contributed by atoms with van der Waals surface area (Å²) in [4.78, 5) is 11.8. The van der Waals surface area contributed by atoms with Gasteiger partial charge in [0.05, 0.1) is 6.20 Å². The lowest BCUT2D eigenvalue weighted by Crippen LogP contribution is -2.37. The summed E-state index contributed by atoms with van der Waals surface area (Å²) in [5.74, 6) is 1.20. The number of nitrogens with one attached hydrogen (secondary N) is 2. The van der Waals surface area contributed by atoms with Crippen molar-refractivity contribution in [1.29, 1.82) is 0 Å². The first-order chi connectivity index (χ1) is 11.7. The Hall–Kier alpha value is -2.30. The third kappa shape index (κ3) is 4.85. The highest BCUT2D eigenvalue weighted by molar-refractivity contribution is 5.73. The Balaban J connectivity index is 1.23. The number of rotatable bonds is 8. The molecular formula is C19H26N4O. The van der Waals surface area contributed by atoms with Crippen molar-refractivity contribution >= 4 is 6.03 Å². The van der Waals surface area contributed by atoms with E-state index in [0.29, 0.717) is 11.8 Å². The van der Waals surface area contributed by atoms with Gasteiger partial charge in [-0.25, -0.2) is 4.79 Å². The van der Waals surface area contributed by atoms with E-state index in [-0.39, 0.29) is 6.03 Å². The number of benzene rings is 1. The normalized spacial score (nSPS) is 19.0. The first-order valence-electron chi connectivity index (χ1n) is 8.76. The quantitative estimate of drug-likeness (QED) is 0.733. The van der Waals surface area contributed by atoms with Crippen LogP contribution >= 0.6 is 0 Å². The molecule has 2 N–H and O–H groups in total. The fourth-order valence-corrected chi connectivity index (χ4v) is 3.12. The Morgan fingerprint density at radius 3 is 2.83 bits per heavy atom. The molecule has 24 heavy (non-hydrogen) atoms. The van der Waals surface area contributed by atoms with E-state index in [2.05, 4.69) is 40.0 Å². The molecule has 1 aliphatic rings. The zero-order chi connectivity index (χ0) is 16.8. The minimum atomic E-state index is -0.0462. The molecule has 5 heteroatoms. The molecule has 0 saturated heterocycles. The monoisotopic (exact) mass is 326 g/mol. The Kier molecular flexibility index (Phi) is 5.51. The van der Waals surface area contributed by atoms with Gasteiger partial charge in [0, 0.05) is 26.3 Å². The van der Waals surface area contributed by atoms with Crippen molar-refractivity contribution in [2.24, 2.45) is 13.0 Å². The number of carbonyl (C=O) groups excluding carboxylic acids is 1. The molecule has 1 aliphatic carbocycles. The fourth-order valence-electron chi connectivity index (χ4n) is 3.12. The SMILES string of the molecule is Cn1cc(CCCCNC(=O)NCC2CC2c2ccccc2)cn1. The van der Waals surface area contributed by atoms with Crippen molar-refractivity contribution in [2.45, 2.75) is 31.6 Å². The van der Waals surface area contributed by atoms with Crippen LogP contribution in [-0.4, -0.2) is 28.9 Å². The van der Waals surface area contributed by atoms with E-state index in [1.807, 2.05) is 30.2 Å². The molecule has 0 radical (unpaired) electrons. The molecule has 2 amide bonds. The number of nitrogens with zero attached hydrogens (tertiary/aromatic N) is 2. The first kappa shape index (κ1) is 16.6. The number of aromatic nitrogens is 2. The lowest BCUT2D eigenvalue weighted by molar-refractivity contribution is 0.240. The number of urea groups is 1. The second-order valence-electron chi connectivity index (χ2n) is 6.63. The van der Waals surface area contributed by atoms with Gasteiger partial charge in [-0.2, -0.15) is 5.10 Å². The van der Waals surface area contributed by atoms with Crippen molar-refractivity contribution < 1.29 is 4.79 Å². The van der Waals surface area contributed by atoms with E-state index in [0.717, 1.165) is 32.4 Å². The largest absolute Gasteiger partial charge is 0.338 e. The van der Waals surface area contributed by atoms with Crippen LogP contribution in [0.1, 0.15) is 36.3 Å². The molecule has 3 rings (SSSR count). The molecule has 2 atom stereocenters. The van der Waals surface area contributed by atoms with Gasteiger partial charge in [0.15, 0.2) is 0 Å². The summed E-state index contributed by atoms with van der Waals surface area (Å²) in [6.07, 6.45) is 8.17. The van der Waals surface area contributed by atoms with Crippen LogP contribution in [0.25, 0.3) is 0 Å². The predicted octanol–water partition coefficient (Wildman–Crippen LogP) is 2.85. The highest BCUT2D eigenvalue weighted by Gasteiger charge is 2.37.